The van der Waals surface area contributed by atoms with Crippen molar-refractivity contribution in [3.8, 4) is 0 Å². The summed E-state index contributed by atoms with van der Waals surface area (Å²) < 4.78 is 4.84. The summed E-state index contributed by atoms with van der Waals surface area (Å²) >= 11 is 0. The Bertz CT molecular complexity index is 458. The summed E-state index contributed by atoms with van der Waals surface area (Å²) in [6, 6.07) is 1.61. The number of aromatic nitrogens is 1. The Labute approximate surface area is 118 Å². The van der Waals surface area contributed by atoms with Gasteiger partial charge in [0.2, 0.25) is 11.8 Å². The molecule has 7 nitrogen and oxygen atoms in total. The molecule has 1 unspecified atom stereocenters. The van der Waals surface area contributed by atoms with E-state index in [-0.39, 0.29) is 24.3 Å². The number of anilines is 1. The van der Waals surface area contributed by atoms with Gasteiger partial charge in [-0.1, -0.05) is 12.1 Å². The molecule has 1 heterocycles. The Morgan fingerprint density at radius 2 is 2.25 bits per heavy atom. The Balaban J connectivity index is 2.42. The molecule has 0 aromatic carbocycles. The van der Waals surface area contributed by atoms with Gasteiger partial charge in [0, 0.05) is 19.0 Å². The Hall–Kier alpha value is -1.89. The highest BCUT2D eigenvalue weighted by Crippen LogP contribution is 2.09. The lowest BCUT2D eigenvalue weighted by Gasteiger charge is -2.20. The summed E-state index contributed by atoms with van der Waals surface area (Å²) in [5.74, 6) is 0.459. The van der Waals surface area contributed by atoms with E-state index in [1.807, 2.05) is 6.92 Å². The van der Waals surface area contributed by atoms with Crippen molar-refractivity contribution < 1.29 is 14.1 Å². The molecule has 0 saturated heterocycles. The third kappa shape index (κ3) is 5.00. The molecular formula is C13H22N4O3. The normalized spacial score (nSPS) is 12.0. The van der Waals surface area contributed by atoms with E-state index >= 15 is 0 Å². The molecule has 7 heteroatoms. The predicted molar refractivity (Wildman–Crippen MR) is 75.0 cm³/mol. The number of hydrogen-bond acceptors (Lipinski definition) is 5. The second-order valence-electron chi connectivity index (χ2n) is 4.90. The summed E-state index contributed by atoms with van der Waals surface area (Å²) in [6.45, 7) is 4.12. The Kier molecular flexibility index (Phi) is 6.17. The molecule has 3 N–H and O–H groups in total. The highest BCUT2D eigenvalue weighted by atomic mass is 16.5. The van der Waals surface area contributed by atoms with Crippen LogP contribution in [0.4, 0.5) is 5.82 Å². The molecule has 0 radical (unpaired) electrons. The number of carbonyl (C=O) groups excluding carboxylic acids is 2. The molecule has 0 spiro atoms. The van der Waals surface area contributed by atoms with E-state index in [2.05, 4.69) is 10.5 Å². The standard InChI is InChI=1S/C13H22N4O3/c1-9(5-4-6-14)13(19)17(3)8-12(18)15-11-7-10(2)20-16-11/h7,9H,4-6,8,14H2,1-3H3,(H,15,16,18). The van der Waals surface area contributed by atoms with Crippen molar-refractivity contribution in [3.05, 3.63) is 11.8 Å². The van der Waals surface area contributed by atoms with Crippen LogP contribution in [0.1, 0.15) is 25.5 Å². The fourth-order valence-corrected chi connectivity index (χ4v) is 1.82. The SMILES string of the molecule is Cc1cc(NC(=O)CN(C)C(=O)C(C)CCCN)no1. The van der Waals surface area contributed by atoms with Gasteiger partial charge < -0.3 is 20.5 Å². The van der Waals surface area contributed by atoms with Crippen molar-refractivity contribution in [1.29, 1.82) is 0 Å². The van der Waals surface area contributed by atoms with E-state index in [0.717, 1.165) is 12.8 Å². The lowest BCUT2D eigenvalue weighted by molar-refractivity contribution is -0.136. The van der Waals surface area contributed by atoms with Gasteiger partial charge in [0.05, 0.1) is 6.54 Å². The summed E-state index contributed by atoms with van der Waals surface area (Å²) in [5.41, 5.74) is 5.42. The zero-order valence-electron chi connectivity index (χ0n) is 12.2. The van der Waals surface area contributed by atoms with E-state index < -0.39 is 0 Å². The minimum atomic E-state index is -0.305. The van der Waals surface area contributed by atoms with Gasteiger partial charge in [-0.3, -0.25) is 9.59 Å². The maximum Gasteiger partial charge on any atom is 0.245 e. The lowest BCUT2D eigenvalue weighted by atomic mass is 10.0. The van der Waals surface area contributed by atoms with Gasteiger partial charge in [0.25, 0.3) is 0 Å². The highest BCUT2D eigenvalue weighted by molar-refractivity contribution is 5.93. The van der Waals surface area contributed by atoms with Gasteiger partial charge in [0.15, 0.2) is 5.82 Å². The van der Waals surface area contributed by atoms with Gasteiger partial charge >= 0.3 is 0 Å². The van der Waals surface area contributed by atoms with Crippen LogP contribution in [-0.2, 0) is 9.59 Å². The number of aryl methyl sites for hydroxylation is 1. The van der Waals surface area contributed by atoms with E-state index in [4.69, 9.17) is 10.3 Å². The van der Waals surface area contributed by atoms with E-state index in [1.54, 1.807) is 20.0 Å². The molecule has 0 aliphatic carbocycles. The first-order valence-electron chi connectivity index (χ1n) is 6.62. The van der Waals surface area contributed by atoms with Crippen LogP contribution >= 0.6 is 0 Å². The van der Waals surface area contributed by atoms with Gasteiger partial charge in [-0.15, -0.1) is 0 Å². The molecule has 1 atom stereocenters. The maximum absolute atomic E-state index is 12.0. The average Bonchev–Trinajstić information content (AvgIpc) is 2.79. The van der Waals surface area contributed by atoms with Crippen LogP contribution in [-0.4, -0.2) is 42.0 Å². The van der Waals surface area contributed by atoms with Crippen molar-refractivity contribution >= 4 is 17.6 Å². The molecule has 0 saturated carbocycles. The van der Waals surface area contributed by atoms with Crippen molar-refractivity contribution in [2.75, 3.05) is 25.5 Å². The third-order valence-electron chi connectivity index (χ3n) is 2.92. The van der Waals surface area contributed by atoms with Crippen LogP contribution in [0.3, 0.4) is 0 Å². The number of rotatable bonds is 7. The minimum absolute atomic E-state index is 0.0162. The molecule has 0 aliphatic heterocycles. The molecule has 0 bridgehead atoms. The second kappa shape index (κ2) is 7.64. The lowest BCUT2D eigenvalue weighted by Crippen LogP contribution is -2.38. The highest BCUT2D eigenvalue weighted by Gasteiger charge is 2.19. The van der Waals surface area contributed by atoms with Crippen LogP contribution in [0.2, 0.25) is 0 Å². The quantitative estimate of drug-likeness (QED) is 0.768. The van der Waals surface area contributed by atoms with Crippen molar-refractivity contribution in [3.63, 3.8) is 0 Å². The molecule has 1 aromatic heterocycles. The smallest absolute Gasteiger partial charge is 0.245 e. The molecular weight excluding hydrogens is 260 g/mol. The molecule has 112 valence electrons. The van der Waals surface area contributed by atoms with Crippen molar-refractivity contribution in [2.24, 2.45) is 11.7 Å². The molecule has 1 aromatic rings. The van der Waals surface area contributed by atoms with Crippen LogP contribution in [0.25, 0.3) is 0 Å². The number of carbonyl (C=O) groups is 2. The summed E-state index contributed by atoms with van der Waals surface area (Å²) in [7, 11) is 1.61. The van der Waals surface area contributed by atoms with Gasteiger partial charge in [-0.05, 0) is 26.3 Å². The number of nitrogens with two attached hydrogens (primary N) is 1. The molecule has 20 heavy (non-hydrogen) atoms. The van der Waals surface area contributed by atoms with Gasteiger partial charge in [0.1, 0.15) is 5.76 Å². The zero-order chi connectivity index (χ0) is 15.1. The maximum atomic E-state index is 12.0. The molecule has 0 fully saturated rings. The fourth-order valence-electron chi connectivity index (χ4n) is 1.82. The Morgan fingerprint density at radius 3 is 2.80 bits per heavy atom. The summed E-state index contributed by atoms with van der Waals surface area (Å²) in [6.07, 6.45) is 1.52. The van der Waals surface area contributed by atoms with E-state index in [9.17, 15) is 9.59 Å². The summed E-state index contributed by atoms with van der Waals surface area (Å²) in [5, 5.41) is 6.23. The first-order chi connectivity index (χ1) is 9.43. The average molecular weight is 282 g/mol. The number of nitrogens with zero attached hydrogens (tertiary/aromatic N) is 2. The molecule has 0 aliphatic rings. The van der Waals surface area contributed by atoms with Crippen LogP contribution < -0.4 is 11.1 Å². The monoisotopic (exact) mass is 282 g/mol. The van der Waals surface area contributed by atoms with Crippen LogP contribution in [0, 0.1) is 12.8 Å². The first kappa shape index (κ1) is 16.2. The van der Waals surface area contributed by atoms with E-state index in [1.165, 1.54) is 4.90 Å². The minimum Gasteiger partial charge on any atom is -0.360 e. The Morgan fingerprint density at radius 1 is 1.55 bits per heavy atom. The predicted octanol–water partition coefficient (Wildman–Crippen LogP) is 0.755. The van der Waals surface area contributed by atoms with Crippen LogP contribution in [0.5, 0.6) is 0 Å². The third-order valence-corrected chi connectivity index (χ3v) is 2.92. The van der Waals surface area contributed by atoms with Crippen molar-refractivity contribution in [2.45, 2.75) is 26.7 Å². The van der Waals surface area contributed by atoms with Gasteiger partial charge in [-0.2, -0.15) is 0 Å². The van der Waals surface area contributed by atoms with Gasteiger partial charge in [-0.25, -0.2) is 0 Å². The second-order valence-corrected chi connectivity index (χ2v) is 4.90. The zero-order valence-corrected chi connectivity index (χ0v) is 12.2. The number of nitrogens with one attached hydrogen (secondary N) is 1. The molecule has 1 rings (SSSR count). The van der Waals surface area contributed by atoms with Crippen molar-refractivity contribution in [1.82, 2.24) is 10.1 Å². The van der Waals surface area contributed by atoms with Crippen LogP contribution in [0.15, 0.2) is 10.6 Å². The summed E-state index contributed by atoms with van der Waals surface area (Å²) in [4.78, 5) is 25.2. The molecule has 2 amide bonds. The first-order valence-corrected chi connectivity index (χ1v) is 6.62. The topological polar surface area (TPSA) is 101 Å². The fraction of sp³-hybridized carbons (Fsp3) is 0.615. The number of amides is 2. The largest absolute Gasteiger partial charge is 0.360 e. The number of hydrogen-bond donors (Lipinski definition) is 2. The van der Waals surface area contributed by atoms with E-state index in [0.29, 0.717) is 18.1 Å². The number of likely N-dealkylation sites (N-methyl/N-ethyl adjacent to an activating group) is 1.